The van der Waals surface area contributed by atoms with Gasteiger partial charge < -0.3 is 0 Å². The van der Waals surface area contributed by atoms with Crippen molar-refractivity contribution in [2.24, 2.45) is 0 Å². The molecule has 0 bridgehead atoms. The number of nitrogens with zero attached hydrogens (tertiary/aromatic N) is 2. The maximum absolute atomic E-state index is 4.00. The van der Waals surface area contributed by atoms with E-state index in [9.17, 15) is 0 Å². The van der Waals surface area contributed by atoms with Crippen molar-refractivity contribution in [3.05, 3.63) is 35.2 Å². The van der Waals surface area contributed by atoms with Crippen molar-refractivity contribution in [1.29, 1.82) is 0 Å². The van der Waals surface area contributed by atoms with Gasteiger partial charge in [-0.3, -0.25) is 0 Å². The molecule has 0 atom stereocenters. The summed E-state index contributed by atoms with van der Waals surface area (Å²) < 4.78 is 0. The van der Waals surface area contributed by atoms with E-state index in [1.807, 2.05) is 6.92 Å². The minimum absolute atomic E-state index is 0.994. The molecule has 12 heavy (non-hydrogen) atoms. The molecule has 1 aliphatic carbocycles. The summed E-state index contributed by atoms with van der Waals surface area (Å²) in [6, 6.07) is 0. The van der Waals surface area contributed by atoms with Crippen LogP contribution in [-0.2, 0) is 0 Å². The first kappa shape index (κ1) is 7.22. The number of aromatic nitrogens is 2. The van der Waals surface area contributed by atoms with Crippen LogP contribution in [0.25, 0.3) is 12.2 Å². The molecule has 0 saturated carbocycles. The van der Waals surface area contributed by atoms with Gasteiger partial charge in [0, 0.05) is 11.1 Å². The van der Waals surface area contributed by atoms with Crippen molar-refractivity contribution in [2.75, 3.05) is 0 Å². The molecule has 0 aliphatic heterocycles. The minimum atomic E-state index is 0.994. The summed E-state index contributed by atoms with van der Waals surface area (Å²) in [5.41, 5.74) is 3.35. The SMILES string of the molecule is Cc1nncc2c1C=CCC=C2. The summed E-state index contributed by atoms with van der Waals surface area (Å²) in [5.74, 6) is 0. The third kappa shape index (κ3) is 1.16. The smallest absolute Gasteiger partial charge is 0.0678 e. The van der Waals surface area contributed by atoms with Gasteiger partial charge in [0.15, 0.2) is 0 Å². The summed E-state index contributed by atoms with van der Waals surface area (Å²) in [5, 5.41) is 7.90. The number of hydrogen-bond acceptors (Lipinski definition) is 2. The van der Waals surface area contributed by atoms with Gasteiger partial charge in [-0.15, -0.1) is 0 Å². The minimum Gasteiger partial charge on any atom is -0.158 e. The topological polar surface area (TPSA) is 25.8 Å². The largest absolute Gasteiger partial charge is 0.158 e. The van der Waals surface area contributed by atoms with Crippen molar-refractivity contribution in [1.82, 2.24) is 10.2 Å². The van der Waals surface area contributed by atoms with Crippen LogP contribution < -0.4 is 0 Å². The van der Waals surface area contributed by atoms with Gasteiger partial charge in [0.2, 0.25) is 0 Å². The average molecular weight is 158 g/mol. The maximum Gasteiger partial charge on any atom is 0.0678 e. The molecule has 2 nitrogen and oxygen atoms in total. The second kappa shape index (κ2) is 2.89. The zero-order chi connectivity index (χ0) is 8.39. The Labute approximate surface area is 71.6 Å². The maximum atomic E-state index is 4.00. The van der Waals surface area contributed by atoms with Crippen LogP contribution in [0.15, 0.2) is 18.3 Å². The molecule has 0 spiro atoms. The first-order valence-electron chi connectivity index (χ1n) is 4.03. The molecule has 0 aromatic carbocycles. The number of hydrogen-bond donors (Lipinski definition) is 0. The van der Waals surface area contributed by atoms with E-state index < -0.39 is 0 Å². The van der Waals surface area contributed by atoms with Crippen LogP contribution in [0.2, 0.25) is 0 Å². The predicted octanol–water partition coefficient (Wildman–Crippen LogP) is 2.22. The molecule has 0 radical (unpaired) electrons. The fraction of sp³-hybridized carbons (Fsp3) is 0.200. The van der Waals surface area contributed by atoms with Crippen molar-refractivity contribution in [2.45, 2.75) is 13.3 Å². The lowest BCUT2D eigenvalue weighted by Crippen LogP contribution is -1.92. The number of rotatable bonds is 0. The summed E-state index contributed by atoms with van der Waals surface area (Å²) >= 11 is 0. The monoisotopic (exact) mass is 158 g/mol. The lowest BCUT2D eigenvalue weighted by atomic mass is 10.1. The highest BCUT2D eigenvalue weighted by molar-refractivity contribution is 5.67. The molecule has 1 aromatic heterocycles. The van der Waals surface area contributed by atoms with Gasteiger partial charge in [-0.1, -0.05) is 24.3 Å². The molecular formula is C10H10N2. The Kier molecular flexibility index (Phi) is 1.74. The molecule has 0 fully saturated rings. The molecule has 0 unspecified atom stereocenters. The first-order valence-corrected chi connectivity index (χ1v) is 4.03. The Hall–Kier alpha value is -1.44. The van der Waals surface area contributed by atoms with Crippen molar-refractivity contribution in [3.63, 3.8) is 0 Å². The Morgan fingerprint density at radius 2 is 2.08 bits per heavy atom. The van der Waals surface area contributed by atoms with E-state index in [0.717, 1.165) is 17.7 Å². The van der Waals surface area contributed by atoms with Crippen molar-refractivity contribution in [3.8, 4) is 0 Å². The Bertz CT molecular complexity index is 351. The number of aryl methyl sites for hydroxylation is 1. The van der Waals surface area contributed by atoms with E-state index in [0.29, 0.717) is 0 Å². The zero-order valence-corrected chi connectivity index (χ0v) is 6.99. The third-order valence-electron chi connectivity index (χ3n) is 1.96. The molecule has 0 N–H and O–H groups in total. The van der Waals surface area contributed by atoms with E-state index in [1.54, 1.807) is 6.20 Å². The van der Waals surface area contributed by atoms with Gasteiger partial charge in [0.05, 0.1) is 11.9 Å². The number of fused-ring (bicyclic) bond motifs is 1. The Balaban J connectivity index is 2.65. The van der Waals surface area contributed by atoms with Crippen LogP contribution >= 0.6 is 0 Å². The van der Waals surface area contributed by atoms with Crippen LogP contribution in [0.3, 0.4) is 0 Å². The summed E-state index contributed by atoms with van der Waals surface area (Å²) in [6.45, 7) is 1.98. The molecule has 2 rings (SSSR count). The van der Waals surface area contributed by atoms with Gasteiger partial charge in [0.1, 0.15) is 0 Å². The summed E-state index contributed by atoms with van der Waals surface area (Å²) in [7, 11) is 0. The fourth-order valence-corrected chi connectivity index (χ4v) is 1.32. The van der Waals surface area contributed by atoms with Gasteiger partial charge in [-0.05, 0) is 13.3 Å². The molecule has 1 aliphatic rings. The van der Waals surface area contributed by atoms with Crippen LogP contribution in [-0.4, -0.2) is 10.2 Å². The highest BCUT2D eigenvalue weighted by Crippen LogP contribution is 2.17. The number of allylic oxidation sites excluding steroid dienone is 2. The molecule has 1 heterocycles. The highest BCUT2D eigenvalue weighted by atomic mass is 15.1. The lowest BCUT2D eigenvalue weighted by Gasteiger charge is -2.00. The third-order valence-corrected chi connectivity index (χ3v) is 1.96. The van der Waals surface area contributed by atoms with E-state index >= 15 is 0 Å². The predicted molar refractivity (Wildman–Crippen MR) is 49.5 cm³/mol. The second-order valence-corrected chi connectivity index (χ2v) is 2.84. The van der Waals surface area contributed by atoms with Crippen LogP contribution in [0.4, 0.5) is 0 Å². The molecule has 0 amide bonds. The Morgan fingerprint density at radius 3 is 3.00 bits per heavy atom. The van der Waals surface area contributed by atoms with E-state index in [-0.39, 0.29) is 0 Å². The van der Waals surface area contributed by atoms with Crippen LogP contribution in [0, 0.1) is 6.92 Å². The standard InChI is InChI=1S/C10H10N2/c1-8-10-6-4-2-3-5-9(10)7-11-12-8/h3-7H,2H2,1H3. The van der Waals surface area contributed by atoms with Gasteiger partial charge in [0.25, 0.3) is 0 Å². The van der Waals surface area contributed by atoms with Gasteiger partial charge in [-0.2, -0.15) is 10.2 Å². The Morgan fingerprint density at radius 1 is 1.25 bits per heavy atom. The average Bonchev–Trinajstić information content (AvgIpc) is 2.30. The fourth-order valence-electron chi connectivity index (χ4n) is 1.32. The molecule has 60 valence electrons. The molecule has 0 saturated heterocycles. The zero-order valence-electron chi connectivity index (χ0n) is 6.99. The quantitative estimate of drug-likeness (QED) is 0.578. The van der Waals surface area contributed by atoms with Gasteiger partial charge >= 0.3 is 0 Å². The van der Waals surface area contributed by atoms with Crippen LogP contribution in [0.1, 0.15) is 23.2 Å². The summed E-state index contributed by atoms with van der Waals surface area (Å²) in [6.07, 6.45) is 11.3. The van der Waals surface area contributed by atoms with E-state index in [2.05, 4.69) is 34.5 Å². The normalized spacial score (nSPS) is 14.1. The molecule has 2 heteroatoms. The first-order chi connectivity index (χ1) is 5.88. The highest BCUT2D eigenvalue weighted by Gasteiger charge is 2.02. The van der Waals surface area contributed by atoms with E-state index in [1.165, 1.54) is 5.56 Å². The molecule has 1 aromatic rings. The van der Waals surface area contributed by atoms with Crippen molar-refractivity contribution < 1.29 is 0 Å². The van der Waals surface area contributed by atoms with Crippen molar-refractivity contribution >= 4 is 12.2 Å². The second-order valence-electron chi connectivity index (χ2n) is 2.84. The van der Waals surface area contributed by atoms with Gasteiger partial charge in [-0.25, -0.2) is 0 Å². The van der Waals surface area contributed by atoms with E-state index in [4.69, 9.17) is 0 Å². The lowest BCUT2D eigenvalue weighted by molar-refractivity contribution is 0.972. The summed E-state index contributed by atoms with van der Waals surface area (Å²) in [4.78, 5) is 0. The van der Waals surface area contributed by atoms with Crippen LogP contribution in [0.5, 0.6) is 0 Å². The molecular weight excluding hydrogens is 148 g/mol.